The molecule has 4 nitrogen and oxygen atoms in total. The minimum atomic E-state index is -0.0343. The lowest BCUT2D eigenvalue weighted by Gasteiger charge is -2.17. The maximum absolute atomic E-state index is 12.5. The fraction of sp³-hybridized carbons (Fsp3) is 0.333. The van der Waals surface area contributed by atoms with Crippen molar-refractivity contribution >= 4 is 11.6 Å². The van der Waals surface area contributed by atoms with Gasteiger partial charge in [-0.25, -0.2) is 0 Å². The monoisotopic (exact) mass is 257 g/mol. The summed E-state index contributed by atoms with van der Waals surface area (Å²) in [6, 6.07) is 8.05. The van der Waals surface area contributed by atoms with Gasteiger partial charge in [-0.2, -0.15) is 5.10 Å². The second-order valence-electron chi connectivity index (χ2n) is 4.69. The predicted octanol–water partition coefficient (Wildman–Crippen LogP) is 2.87. The maximum Gasteiger partial charge on any atom is 0.261 e. The molecule has 19 heavy (non-hydrogen) atoms. The summed E-state index contributed by atoms with van der Waals surface area (Å²) < 4.78 is 0. The molecule has 0 atom stereocenters. The third-order valence-electron chi connectivity index (χ3n) is 3.38. The molecule has 2 aromatic rings. The fourth-order valence-electron chi connectivity index (χ4n) is 2.11. The molecule has 0 bridgehead atoms. The van der Waals surface area contributed by atoms with Crippen LogP contribution in [0.3, 0.4) is 0 Å². The average Bonchev–Trinajstić information content (AvgIpc) is 2.77. The van der Waals surface area contributed by atoms with E-state index in [1.54, 1.807) is 11.9 Å². The Morgan fingerprint density at radius 1 is 1.26 bits per heavy atom. The highest BCUT2D eigenvalue weighted by atomic mass is 16.2. The Hall–Kier alpha value is -2.10. The van der Waals surface area contributed by atoms with Crippen LogP contribution in [-0.4, -0.2) is 23.2 Å². The molecule has 1 amide bonds. The Morgan fingerprint density at radius 2 is 1.89 bits per heavy atom. The van der Waals surface area contributed by atoms with Crippen molar-refractivity contribution in [2.45, 2.75) is 27.2 Å². The van der Waals surface area contributed by atoms with Crippen molar-refractivity contribution < 1.29 is 4.79 Å². The van der Waals surface area contributed by atoms with E-state index in [4.69, 9.17) is 0 Å². The van der Waals surface area contributed by atoms with Gasteiger partial charge in [-0.05, 0) is 38.0 Å². The lowest BCUT2D eigenvalue weighted by atomic mass is 10.1. The summed E-state index contributed by atoms with van der Waals surface area (Å²) in [5, 5.41) is 6.91. The molecule has 4 heteroatoms. The second kappa shape index (κ2) is 5.26. The molecule has 0 aliphatic rings. The lowest BCUT2D eigenvalue weighted by Crippen LogP contribution is -2.27. The van der Waals surface area contributed by atoms with E-state index in [2.05, 4.69) is 17.1 Å². The molecule has 100 valence electrons. The number of hydrogen-bond donors (Lipinski definition) is 1. The Morgan fingerprint density at radius 3 is 2.37 bits per heavy atom. The van der Waals surface area contributed by atoms with Crippen LogP contribution in [0.15, 0.2) is 24.3 Å². The van der Waals surface area contributed by atoms with Gasteiger partial charge in [0.1, 0.15) is 0 Å². The summed E-state index contributed by atoms with van der Waals surface area (Å²) in [5.74, 6) is -0.0343. The summed E-state index contributed by atoms with van der Waals surface area (Å²) in [4.78, 5) is 14.1. The van der Waals surface area contributed by atoms with Crippen molar-refractivity contribution in [2.24, 2.45) is 0 Å². The zero-order valence-electron chi connectivity index (χ0n) is 11.8. The summed E-state index contributed by atoms with van der Waals surface area (Å²) in [6.45, 7) is 5.81. The van der Waals surface area contributed by atoms with E-state index in [1.165, 1.54) is 5.56 Å². The maximum atomic E-state index is 12.5. The van der Waals surface area contributed by atoms with E-state index < -0.39 is 0 Å². The van der Waals surface area contributed by atoms with Crippen LogP contribution in [0.4, 0.5) is 5.69 Å². The van der Waals surface area contributed by atoms with Crippen LogP contribution in [0.5, 0.6) is 0 Å². The van der Waals surface area contributed by atoms with Gasteiger partial charge in [-0.15, -0.1) is 0 Å². The van der Waals surface area contributed by atoms with Crippen molar-refractivity contribution in [2.75, 3.05) is 11.9 Å². The van der Waals surface area contributed by atoms with E-state index in [0.717, 1.165) is 23.5 Å². The smallest absolute Gasteiger partial charge is 0.261 e. The van der Waals surface area contributed by atoms with Gasteiger partial charge in [-0.1, -0.05) is 19.1 Å². The van der Waals surface area contributed by atoms with Gasteiger partial charge in [0, 0.05) is 18.4 Å². The molecule has 0 saturated carbocycles. The molecule has 1 N–H and O–H groups in total. The number of benzene rings is 1. The standard InChI is InChI=1S/C15H19N3O/c1-5-12-6-8-13(9-7-12)18(4)15(19)14-10(2)16-17-11(14)3/h6-9H,5H2,1-4H3,(H,16,17). The second-order valence-corrected chi connectivity index (χ2v) is 4.69. The zero-order valence-corrected chi connectivity index (χ0v) is 11.8. The number of hydrogen-bond acceptors (Lipinski definition) is 2. The first-order valence-corrected chi connectivity index (χ1v) is 6.43. The third-order valence-corrected chi connectivity index (χ3v) is 3.38. The molecule has 1 heterocycles. The van der Waals surface area contributed by atoms with E-state index in [-0.39, 0.29) is 5.91 Å². The minimum absolute atomic E-state index is 0.0343. The first kappa shape index (κ1) is 13.3. The molecule has 0 unspecified atom stereocenters. The summed E-state index contributed by atoms with van der Waals surface area (Å²) in [7, 11) is 1.79. The van der Waals surface area contributed by atoms with Gasteiger partial charge in [0.2, 0.25) is 0 Å². The number of anilines is 1. The lowest BCUT2D eigenvalue weighted by molar-refractivity contribution is 0.0992. The highest BCUT2D eigenvalue weighted by Crippen LogP contribution is 2.19. The van der Waals surface area contributed by atoms with Crippen molar-refractivity contribution in [3.8, 4) is 0 Å². The van der Waals surface area contributed by atoms with Crippen molar-refractivity contribution in [3.63, 3.8) is 0 Å². The molecule has 2 rings (SSSR count). The zero-order chi connectivity index (χ0) is 14.0. The predicted molar refractivity (Wildman–Crippen MR) is 76.6 cm³/mol. The van der Waals surface area contributed by atoms with Gasteiger partial charge in [0.15, 0.2) is 0 Å². The molecule has 1 aromatic heterocycles. The van der Waals surface area contributed by atoms with E-state index in [0.29, 0.717) is 5.56 Å². The number of aromatic amines is 1. The van der Waals surface area contributed by atoms with E-state index >= 15 is 0 Å². The van der Waals surface area contributed by atoms with Gasteiger partial charge >= 0.3 is 0 Å². The van der Waals surface area contributed by atoms with Crippen LogP contribution in [-0.2, 0) is 6.42 Å². The number of aryl methyl sites for hydroxylation is 3. The Balaban J connectivity index is 2.28. The highest BCUT2D eigenvalue weighted by Gasteiger charge is 2.20. The summed E-state index contributed by atoms with van der Waals surface area (Å²) in [6.07, 6.45) is 0.998. The topological polar surface area (TPSA) is 49.0 Å². The SMILES string of the molecule is CCc1ccc(N(C)C(=O)c2c(C)n[nH]c2C)cc1. The first-order chi connectivity index (χ1) is 9.04. The van der Waals surface area contributed by atoms with Crippen molar-refractivity contribution in [1.29, 1.82) is 0 Å². The molecular weight excluding hydrogens is 238 g/mol. The molecule has 0 aliphatic heterocycles. The highest BCUT2D eigenvalue weighted by molar-refractivity contribution is 6.07. The van der Waals surface area contributed by atoms with E-state index in [9.17, 15) is 4.79 Å². The molecule has 0 spiro atoms. The molecular formula is C15H19N3O. The molecule has 1 aromatic carbocycles. The molecule has 0 saturated heterocycles. The van der Waals surface area contributed by atoms with E-state index in [1.807, 2.05) is 38.1 Å². The van der Waals surface area contributed by atoms with Gasteiger partial charge in [-0.3, -0.25) is 9.89 Å². The number of H-pyrrole nitrogens is 1. The Kier molecular flexibility index (Phi) is 3.69. The number of carbonyl (C=O) groups is 1. The van der Waals surface area contributed by atoms with Crippen LogP contribution in [0.25, 0.3) is 0 Å². The Bertz CT molecular complexity index is 564. The number of carbonyl (C=O) groups excluding carboxylic acids is 1. The fourth-order valence-corrected chi connectivity index (χ4v) is 2.11. The molecule has 0 radical (unpaired) electrons. The minimum Gasteiger partial charge on any atom is -0.311 e. The summed E-state index contributed by atoms with van der Waals surface area (Å²) in [5.41, 5.74) is 4.35. The first-order valence-electron chi connectivity index (χ1n) is 6.43. The van der Waals surface area contributed by atoms with Crippen LogP contribution in [0.2, 0.25) is 0 Å². The number of aromatic nitrogens is 2. The molecule has 0 aliphatic carbocycles. The third kappa shape index (κ3) is 2.52. The van der Waals surface area contributed by atoms with Crippen LogP contribution >= 0.6 is 0 Å². The van der Waals surface area contributed by atoms with Gasteiger partial charge in [0.05, 0.1) is 11.3 Å². The summed E-state index contributed by atoms with van der Waals surface area (Å²) >= 11 is 0. The number of nitrogens with zero attached hydrogens (tertiary/aromatic N) is 2. The number of amides is 1. The average molecular weight is 257 g/mol. The Labute approximate surface area is 113 Å². The van der Waals surface area contributed by atoms with Gasteiger partial charge in [0.25, 0.3) is 5.91 Å². The number of rotatable bonds is 3. The normalized spacial score (nSPS) is 10.5. The molecule has 0 fully saturated rings. The van der Waals surface area contributed by atoms with Crippen molar-refractivity contribution in [3.05, 3.63) is 46.8 Å². The quantitative estimate of drug-likeness (QED) is 0.919. The van der Waals surface area contributed by atoms with Gasteiger partial charge < -0.3 is 4.90 Å². The largest absolute Gasteiger partial charge is 0.311 e. The van der Waals surface area contributed by atoms with Crippen LogP contribution in [0, 0.1) is 13.8 Å². The number of nitrogens with one attached hydrogen (secondary N) is 1. The van der Waals surface area contributed by atoms with Crippen LogP contribution < -0.4 is 4.90 Å². The van der Waals surface area contributed by atoms with Crippen LogP contribution in [0.1, 0.15) is 34.2 Å². The van der Waals surface area contributed by atoms with Crippen molar-refractivity contribution in [1.82, 2.24) is 10.2 Å².